The molecule has 8 nitrogen and oxygen atoms in total. The molecule has 0 radical (unpaired) electrons. The molecule has 6 rings (SSSR count). The topological polar surface area (TPSA) is 94.7 Å². The Labute approximate surface area is 269 Å². The van der Waals surface area contributed by atoms with Crippen LogP contribution in [0, 0.1) is 29.9 Å². The van der Waals surface area contributed by atoms with Crippen molar-refractivity contribution in [1.82, 2.24) is 24.9 Å². The lowest BCUT2D eigenvalue weighted by Gasteiger charge is -2.30. The molecule has 5 aromatic rings. The molecule has 45 heavy (non-hydrogen) atoms. The number of nitriles is 1. The maximum atomic E-state index is 14.2. The smallest absolute Gasteiger partial charge is 0.141 e. The lowest BCUT2D eigenvalue weighted by atomic mass is 9.98. The number of aromatic nitrogens is 4. The predicted octanol–water partition coefficient (Wildman–Crippen LogP) is 8.19. The number of nitrogens with one attached hydrogen (secondary N) is 2. The van der Waals surface area contributed by atoms with Crippen LogP contribution < -0.4 is 10.6 Å². The monoisotopic (exact) mass is 646 g/mol. The molecule has 1 unspecified atom stereocenters. The maximum Gasteiger partial charge on any atom is 0.141 e. The van der Waals surface area contributed by atoms with Crippen molar-refractivity contribution in [2.75, 3.05) is 30.3 Å². The molecular formula is C33H30Cl2F2N8. The SMILES string of the molecule is CCN1CCC(n2cc(C(Nc3cc(Cl)c4ncc(C#N)c(Nc5ccc(F)c(Cl)c5)c4c3)c3ccc(F)cc3C)nn2)CC1. The molecular weight excluding hydrogens is 617 g/mol. The summed E-state index contributed by atoms with van der Waals surface area (Å²) in [7, 11) is 0. The Kier molecular flexibility index (Phi) is 8.85. The van der Waals surface area contributed by atoms with Crippen molar-refractivity contribution < 1.29 is 8.78 Å². The van der Waals surface area contributed by atoms with Crippen LogP contribution >= 0.6 is 23.2 Å². The van der Waals surface area contributed by atoms with Crippen molar-refractivity contribution >= 4 is 51.2 Å². The van der Waals surface area contributed by atoms with Crippen molar-refractivity contribution in [2.45, 2.75) is 38.8 Å². The number of anilines is 3. The van der Waals surface area contributed by atoms with Gasteiger partial charge in [0.25, 0.3) is 0 Å². The maximum absolute atomic E-state index is 14.2. The van der Waals surface area contributed by atoms with E-state index in [2.05, 4.69) is 43.8 Å². The van der Waals surface area contributed by atoms with Gasteiger partial charge in [-0.1, -0.05) is 41.4 Å². The van der Waals surface area contributed by atoms with Crippen molar-refractivity contribution in [3.63, 3.8) is 0 Å². The fourth-order valence-electron chi connectivity index (χ4n) is 5.82. The molecule has 1 aliphatic rings. The fourth-order valence-corrected chi connectivity index (χ4v) is 6.27. The number of benzene rings is 3. The van der Waals surface area contributed by atoms with Gasteiger partial charge in [0.2, 0.25) is 0 Å². The van der Waals surface area contributed by atoms with Crippen LogP contribution in [0.15, 0.2) is 60.9 Å². The number of rotatable bonds is 8. The number of hydrogen-bond donors (Lipinski definition) is 2. The van der Waals surface area contributed by atoms with E-state index in [0.29, 0.717) is 38.7 Å². The van der Waals surface area contributed by atoms with E-state index in [1.165, 1.54) is 36.5 Å². The Morgan fingerprint density at radius 2 is 1.82 bits per heavy atom. The number of halogens is 4. The molecule has 1 fully saturated rings. The average molecular weight is 648 g/mol. The second kappa shape index (κ2) is 13.0. The first kappa shape index (κ1) is 30.7. The summed E-state index contributed by atoms with van der Waals surface area (Å²) in [4.78, 5) is 6.85. The van der Waals surface area contributed by atoms with Crippen LogP contribution in [0.25, 0.3) is 10.9 Å². The van der Waals surface area contributed by atoms with Gasteiger partial charge in [-0.05, 0) is 79.9 Å². The molecule has 3 aromatic carbocycles. The molecule has 0 amide bonds. The molecule has 0 saturated carbocycles. The van der Waals surface area contributed by atoms with Gasteiger partial charge in [0.1, 0.15) is 23.4 Å². The third-order valence-corrected chi connectivity index (χ3v) is 8.87. The van der Waals surface area contributed by atoms with E-state index < -0.39 is 11.9 Å². The van der Waals surface area contributed by atoms with E-state index in [4.69, 9.17) is 23.2 Å². The number of likely N-dealkylation sites (tertiary alicyclic amines) is 1. The predicted molar refractivity (Wildman–Crippen MR) is 173 cm³/mol. The second-order valence-electron chi connectivity index (χ2n) is 11.1. The zero-order valence-corrected chi connectivity index (χ0v) is 26.2. The summed E-state index contributed by atoms with van der Waals surface area (Å²) in [5, 5.41) is 26.6. The van der Waals surface area contributed by atoms with Crippen molar-refractivity contribution in [1.29, 1.82) is 5.26 Å². The first-order valence-corrected chi connectivity index (χ1v) is 15.4. The van der Waals surface area contributed by atoms with E-state index >= 15 is 0 Å². The van der Waals surface area contributed by atoms with Crippen LogP contribution in [-0.2, 0) is 0 Å². The minimum absolute atomic E-state index is 0.0567. The molecule has 0 aliphatic carbocycles. The number of hydrogen-bond acceptors (Lipinski definition) is 7. The van der Waals surface area contributed by atoms with E-state index in [-0.39, 0.29) is 22.4 Å². The average Bonchev–Trinajstić information content (AvgIpc) is 3.52. The first-order chi connectivity index (χ1) is 21.7. The number of fused-ring (bicyclic) bond motifs is 1. The lowest BCUT2D eigenvalue weighted by molar-refractivity contribution is 0.186. The van der Waals surface area contributed by atoms with Gasteiger partial charge >= 0.3 is 0 Å². The molecule has 1 aliphatic heterocycles. The number of aryl methyl sites for hydroxylation is 1. The van der Waals surface area contributed by atoms with Crippen LogP contribution in [0.4, 0.5) is 25.8 Å². The Morgan fingerprint density at radius 3 is 2.53 bits per heavy atom. The van der Waals surface area contributed by atoms with Gasteiger partial charge in [0, 0.05) is 36.0 Å². The minimum Gasteiger partial charge on any atom is -0.373 e. The Balaban J connectivity index is 1.40. The van der Waals surface area contributed by atoms with Gasteiger partial charge in [-0.15, -0.1) is 5.10 Å². The van der Waals surface area contributed by atoms with E-state index in [0.717, 1.165) is 43.6 Å². The quantitative estimate of drug-likeness (QED) is 0.175. The molecule has 1 saturated heterocycles. The van der Waals surface area contributed by atoms with Crippen LogP contribution in [0.5, 0.6) is 0 Å². The molecule has 0 bridgehead atoms. The second-order valence-corrected chi connectivity index (χ2v) is 11.9. The summed E-state index contributed by atoms with van der Waals surface area (Å²) in [6.45, 7) is 7.06. The number of pyridine rings is 1. The fraction of sp³-hybridized carbons (Fsp3) is 0.273. The molecule has 3 heterocycles. The lowest BCUT2D eigenvalue weighted by Crippen LogP contribution is -2.34. The highest BCUT2D eigenvalue weighted by atomic mass is 35.5. The molecule has 12 heteroatoms. The first-order valence-electron chi connectivity index (χ1n) is 14.6. The molecule has 230 valence electrons. The Morgan fingerprint density at radius 1 is 1.04 bits per heavy atom. The van der Waals surface area contributed by atoms with Crippen LogP contribution in [-0.4, -0.2) is 44.5 Å². The standard InChI is InChI=1S/C33H30Cl2F2N8/c1-3-44-10-8-24(9-11-44)45-18-30(42-43-45)33(25-6-4-21(36)12-19(25)2)41-23-13-26-31(40-22-5-7-29(37)27(34)14-22)20(16-38)17-39-32(26)28(35)15-23/h4-7,12-15,17-18,24,33,41H,3,8-11H2,1-2H3,(H,39,40). The molecule has 2 N–H and O–H groups in total. The zero-order chi connectivity index (χ0) is 31.7. The number of piperidine rings is 1. The molecule has 2 aromatic heterocycles. The summed E-state index contributed by atoms with van der Waals surface area (Å²) >= 11 is 12.8. The third kappa shape index (κ3) is 6.43. The summed E-state index contributed by atoms with van der Waals surface area (Å²) < 4.78 is 30.0. The van der Waals surface area contributed by atoms with Gasteiger partial charge in [0.05, 0.1) is 45.1 Å². The molecule has 0 spiro atoms. The Hall–Kier alpha value is -4.30. The van der Waals surface area contributed by atoms with Gasteiger partial charge in [0.15, 0.2) is 0 Å². The molecule has 1 atom stereocenters. The van der Waals surface area contributed by atoms with Gasteiger partial charge in [-0.25, -0.2) is 13.5 Å². The van der Waals surface area contributed by atoms with Crippen LogP contribution in [0.3, 0.4) is 0 Å². The van der Waals surface area contributed by atoms with Gasteiger partial charge in [-0.2, -0.15) is 5.26 Å². The highest BCUT2D eigenvalue weighted by molar-refractivity contribution is 6.36. The van der Waals surface area contributed by atoms with Crippen LogP contribution in [0.2, 0.25) is 10.0 Å². The normalized spacial score (nSPS) is 14.8. The summed E-state index contributed by atoms with van der Waals surface area (Å²) in [6.07, 6.45) is 5.35. The van der Waals surface area contributed by atoms with Crippen LogP contribution in [0.1, 0.15) is 54.2 Å². The van der Waals surface area contributed by atoms with Gasteiger partial charge in [-0.3, -0.25) is 4.98 Å². The van der Waals surface area contributed by atoms with E-state index in [9.17, 15) is 14.0 Å². The minimum atomic E-state index is -0.553. The highest BCUT2D eigenvalue weighted by Crippen LogP contribution is 2.38. The summed E-state index contributed by atoms with van der Waals surface area (Å²) in [6, 6.07) is 14.4. The van der Waals surface area contributed by atoms with Crippen molar-refractivity contribution in [2.24, 2.45) is 0 Å². The zero-order valence-electron chi connectivity index (χ0n) is 24.7. The number of nitrogens with zero attached hydrogens (tertiary/aromatic N) is 6. The van der Waals surface area contributed by atoms with Gasteiger partial charge < -0.3 is 15.5 Å². The van der Waals surface area contributed by atoms with E-state index in [1.807, 2.05) is 23.9 Å². The third-order valence-electron chi connectivity index (χ3n) is 8.29. The largest absolute Gasteiger partial charge is 0.373 e. The highest BCUT2D eigenvalue weighted by Gasteiger charge is 2.25. The summed E-state index contributed by atoms with van der Waals surface area (Å²) in [5.74, 6) is -0.885. The Bertz CT molecular complexity index is 1910. The van der Waals surface area contributed by atoms with Crippen molar-refractivity contribution in [3.8, 4) is 6.07 Å². The van der Waals surface area contributed by atoms with Crippen molar-refractivity contribution in [3.05, 3.63) is 105 Å². The summed E-state index contributed by atoms with van der Waals surface area (Å²) in [5.41, 5.74) is 4.51. The van der Waals surface area contributed by atoms with E-state index in [1.54, 1.807) is 12.1 Å².